The van der Waals surface area contributed by atoms with Crippen molar-refractivity contribution in [2.45, 2.75) is 65.5 Å². The predicted molar refractivity (Wildman–Crippen MR) is 89.3 cm³/mol. The molecule has 3 heteroatoms. The molecule has 1 aliphatic heterocycles. The average Bonchev–Trinajstić information content (AvgIpc) is 2.46. The molecule has 0 amide bonds. The van der Waals surface area contributed by atoms with E-state index in [-0.39, 0.29) is 0 Å². The van der Waals surface area contributed by atoms with E-state index in [4.69, 9.17) is 10.5 Å². The Labute approximate surface area is 131 Å². The van der Waals surface area contributed by atoms with E-state index in [1.54, 1.807) is 0 Å². The molecule has 21 heavy (non-hydrogen) atoms. The third-order valence-electron chi connectivity index (χ3n) is 6.18. The first-order chi connectivity index (χ1) is 9.86. The van der Waals surface area contributed by atoms with Crippen molar-refractivity contribution < 1.29 is 4.74 Å². The highest BCUT2D eigenvalue weighted by molar-refractivity contribution is 4.93. The Hall–Kier alpha value is -0.120. The van der Waals surface area contributed by atoms with Crippen molar-refractivity contribution in [3.05, 3.63) is 0 Å². The first-order valence-corrected chi connectivity index (χ1v) is 8.83. The summed E-state index contributed by atoms with van der Waals surface area (Å²) in [6, 6.07) is 0.665. The van der Waals surface area contributed by atoms with Gasteiger partial charge in [0, 0.05) is 19.7 Å². The van der Waals surface area contributed by atoms with E-state index in [0.717, 1.165) is 19.0 Å². The van der Waals surface area contributed by atoms with Crippen LogP contribution in [0.2, 0.25) is 0 Å². The maximum Gasteiger partial charge on any atom is 0.0724 e. The number of nitrogens with two attached hydrogens (primary N) is 1. The van der Waals surface area contributed by atoms with Crippen molar-refractivity contribution in [2.75, 3.05) is 26.7 Å². The summed E-state index contributed by atoms with van der Waals surface area (Å²) < 4.78 is 5.71. The van der Waals surface area contributed by atoms with Gasteiger partial charge in [-0.2, -0.15) is 0 Å². The number of likely N-dealkylation sites (tertiary alicyclic amines) is 1. The zero-order valence-corrected chi connectivity index (χ0v) is 14.8. The third kappa shape index (κ3) is 4.00. The minimum Gasteiger partial charge on any atom is -0.380 e. The molecule has 2 fully saturated rings. The van der Waals surface area contributed by atoms with Crippen LogP contribution in [-0.4, -0.2) is 43.8 Å². The third-order valence-corrected chi connectivity index (χ3v) is 6.18. The fourth-order valence-electron chi connectivity index (χ4n) is 4.38. The number of ether oxygens (including phenoxy) is 1. The minimum atomic E-state index is 0.396. The quantitative estimate of drug-likeness (QED) is 0.869. The number of methoxy groups -OCH3 is 1. The second-order valence-corrected chi connectivity index (χ2v) is 8.47. The second kappa shape index (κ2) is 6.97. The van der Waals surface area contributed by atoms with Crippen LogP contribution in [0.3, 0.4) is 0 Å². The number of hydrogen-bond acceptors (Lipinski definition) is 3. The van der Waals surface area contributed by atoms with E-state index in [1.165, 1.54) is 32.2 Å². The van der Waals surface area contributed by atoms with Crippen LogP contribution < -0.4 is 5.73 Å². The first kappa shape index (κ1) is 17.2. The van der Waals surface area contributed by atoms with Crippen molar-refractivity contribution in [3.8, 4) is 0 Å². The Morgan fingerprint density at radius 3 is 2.48 bits per heavy atom. The SMILES string of the molecule is COC1CN(C2CC(C(C)(C)C)CCC2CN)CCC1C. The van der Waals surface area contributed by atoms with Crippen molar-refractivity contribution in [1.29, 1.82) is 0 Å². The van der Waals surface area contributed by atoms with Gasteiger partial charge < -0.3 is 10.5 Å². The molecule has 1 saturated heterocycles. The molecule has 2 rings (SSSR count). The molecule has 0 aromatic heterocycles. The van der Waals surface area contributed by atoms with E-state index in [0.29, 0.717) is 29.4 Å². The average molecular weight is 296 g/mol. The van der Waals surface area contributed by atoms with E-state index in [2.05, 4.69) is 32.6 Å². The van der Waals surface area contributed by atoms with Crippen LogP contribution >= 0.6 is 0 Å². The van der Waals surface area contributed by atoms with E-state index < -0.39 is 0 Å². The molecular formula is C18H36N2O. The number of rotatable bonds is 3. The Balaban J connectivity index is 2.06. The second-order valence-electron chi connectivity index (χ2n) is 8.47. The number of nitrogens with zero attached hydrogens (tertiary/aromatic N) is 1. The van der Waals surface area contributed by atoms with Crippen LogP contribution in [0.4, 0.5) is 0 Å². The summed E-state index contributed by atoms with van der Waals surface area (Å²) in [6.45, 7) is 12.7. The van der Waals surface area contributed by atoms with E-state index >= 15 is 0 Å². The van der Waals surface area contributed by atoms with Gasteiger partial charge in [0.1, 0.15) is 0 Å². The summed E-state index contributed by atoms with van der Waals surface area (Å²) in [5.74, 6) is 2.18. The molecule has 5 unspecified atom stereocenters. The van der Waals surface area contributed by atoms with E-state index in [9.17, 15) is 0 Å². The molecule has 0 radical (unpaired) electrons. The fraction of sp³-hybridized carbons (Fsp3) is 1.00. The highest BCUT2D eigenvalue weighted by Gasteiger charge is 2.40. The molecule has 0 aromatic rings. The maximum absolute atomic E-state index is 6.09. The lowest BCUT2D eigenvalue weighted by Gasteiger charge is -2.49. The largest absolute Gasteiger partial charge is 0.380 e. The Bertz CT molecular complexity index is 326. The summed E-state index contributed by atoms with van der Waals surface area (Å²) in [7, 11) is 1.86. The van der Waals surface area contributed by atoms with Gasteiger partial charge in [0.2, 0.25) is 0 Å². The van der Waals surface area contributed by atoms with Gasteiger partial charge in [-0.3, -0.25) is 4.90 Å². The molecule has 1 aliphatic carbocycles. The first-order valence-electron chi connectivity index (χ1n) is 8.83. The molecule has 0 bridgehead atoms. The summed E-state index contributed by atoms with van der Waals surface area (Å²) in [4.78, 5) is 2.70. The number of piperidine rings is 1. The van der Waals surface area contributed by atoms with Gasteiger partial charge in [-0.05, 0) is 61.9 Å². The topological polar surface area (TPSA) is 38.5 Å². The molecular weight excluding hydrogens is 260 g/mol. The Kier molecular flexibility index (Phi) is 5.72. The smallest absolute Gasteiger partial charge is 0.0724 e. The maximum atomic E-state index is 6.09. The van der Waals surface area contributed by atoms with Crippen molar-refractivity contribution in [2.24, 2.45) is 28.9 Å². The Morgan fingerprint density at radius 1 is 1.19 bits per heavy atom. The molecule has 2 aliphatic rings. The normalized spacial score (nSPS) is 39.4. The fourth-order valence-corrected chi connectivity index (χ4v) is 4.38. The van der Waals surface area contributed by atoms with Gasteiger partial charge in [-0.1, -0.05) is 27.7 Å². The van der Waals surface area contributed by atoms with Gasteiger partial charge in [-0.25, -0.2) is 0 Å². The standard InChI is InChI=1S/C18H36N2O/c1-13-8-9-20(12-17(13)21-5)16-10-15(18(2,3)4)7-6-14(16)11-19/h13-17H,6-12,19H2,1-5H3. The minimum absolute atomic E-state index is 0.396. The monoisotopic (exact) mass is 296 g/mol. The van der Waals surface area contributed by atoms with Crippen LogP contribution in [0.1, 0.15) is 53.4 Å². The van der Waals surface area contributed by atoms with Crippen molar-refractivity contribution in [1.82, 2.24) is 4.90 Å². The van der Waals surface area contributed by atoms with Crippen LogP contribution in [0.5, 0.6) is 0 Å². The lowest BCUT2D eigenvalue weighted by Crippen LogP contribution is -2.54. The zero-order chi connectivity index (χ0) is 15.6. The summed E-state index contributed by atoms with van der Waals surface area (Å²) in [5, 5.41) is 0. The molecule has 2 N–H and O–H groups in total. The van der Waals surface area contributed by atoms with Gasteiger partial charge in [0.05, 0.1) is 6.10 Å². The van der Waals surface area contributed by atoms with Gasteiger partial charge in [0.25, 0.3) is 0 Å². The molecule has 124 valence electrons. The highest BCUT2D eigenvalue weighted by Crippen LogP contribution is 2.42. The van der Waals surface area contributed by atoms with Gasteiger partial charge in [-0.15, -0.1) is 0 Å². The predicted octanol–water partition coefficient (Wildman–Crippen LogP) is 3.13. The Morgan fingerprint density at radius 2 is 1.90 bits per heavy atom. The van der Waals surface area contributed by atoms with Crippen molar-refractivity contribution >= 4 is 0 Å². The lowest BCUT2D eigenvalue weighted by molar-refractivity contribution is -0.0449. The van der Waals surface area contributed by atoms with E-state index in [1.807, 2.05) is 7.11 Å². The molecule has 5 atom stereocenters. The zero-order valence-electron chi connectivity index (χ0n) is 14.8. The van der Waals surface area contributed by atoms with Gasteiger partial charge in [0.15, 0.2) is 0 Å². The lowest BCUT2D eigenvalue weighted by atomic mass is 9.67. The van der Waals surface area contributed by atoms with Crippen molar-refractivity contribution in [3.63, 3.8) is 0 Å². The summed E-state index contributed by atoms with van der Waals surface area (Å²) >= 11 is 0. The highest BCUT2D eigenvalue weighted by atomic mass is 16.5. The summed E-state index contributed by atoms with van der Waals surface area (Å²) in [6.07, 6.45) is 5.61. The number of hydrogen-bond donors (Lipinski definition) is 1. The molecule has 0 aromatic carbocycles. The summed E-state index contributed by atoms with van der Waals surface area (Å²) in [5.41, 5.74) is 6.51. The van der Waals surface area contributed by atoms with Crippen LogP contribution in [-0.2, 0) is 4.74 Å². The molecule has 1 saturated carbocycles. The molecule has 3 nitrogen and oxygen atoms in total. The van der Waals surface area contributed by atoms with Crippen LogP contribution in [0.25, 0.3) is 0 Å². The molecule has 1 heterocycles. The van der Waals surface area contributed by atoms with Crippen LogP contribution in [0, 0.1) is 23.2 Å². The van der Waals surface area contributed by atoms with Crippen LogP contribution in [0.15, 0.2) is 0 Å². The van der Waals surface area contributed by atoms with Gasteiger partial charge >= 0.3 is 0 Å². The molecule has 0 spiro atoms.